The molecule has 0 spiro atoms. The molecule has 9 heteroatoms. The number of ether oxygens (including phenoxy) is 1. The van der Waals surface area contributed by atoms with Gasteiger partial charge in [0.05, 0.1) is 5.92 Å². The monoisotopic (exact) mass is 318 g/mol. The van der Waals surface area contributed by atoms with Crippen molar-refractivity contribution in [1.82, 2.24) is 0 Å². The van der Waals surface area contributed by atoms with Gasteiger partial charge in [0.15, 0.2) is 5.66 Å². The lowest BCUT2D eigenvalue weighted by atomic mass is 10.0. The van der Waals surface area contributed by atoms with Crippen molar-refractivity contribution in [2.24, 2.45) is 5.92 Å². The highest BCUT2D eigenvalue weighted by Crippen LogP contribution is 2.46. The summed E-state index contributed by atoms with van der Waals surface area (Å²) in [6.45, 7) is 1.35. The minimum atomic E-state index is -4.94. The molecule has 0 aliphatic carbocycles. The number of carboxylic acid groups (broad SMARTS) is 2. The van der Waals surface area contributed by atoms with Gasteiger partial charge in [0.2, 0.25) is 0 Å². The molecule has 4 N–H and O–H groups in total. The van der Waals surface area contributed by atoms with E-state index >= 15 is 0 Å². The van der Waals surface area contributed by atoms with Gasteiger partial charge in [-0.1, -0.05) is 13.0 Å². The fourth-order valence-corrected chi connectivity index (χ4v) is 2.86. The molecule has 2 bridgehead atoms. The van der Waals surface area contributed by atoms with Crippen LogP contribution in [0.15, 0.2) is 24.3 Å². The van der Waals surface area contributed by atoms with E-state index in [4.69, 9.17) is 24.7 Å². The standard InChI is InChI=1S/C6H11O7P.C6H4O/c1-2-3(5(7)8)4(6(9)10)14(11,12)13;1-2-5-4-6(3-1)7-5/h3-4H,2H2,1H3,(H,7,8)(H,9,10)(H2,11,12,13);1-4H. The Morgan fingerprint density at radius 1 is 1.19 bits per heavy atom. The van der Waals surface area contributed by atoms with E-state index in [9.17, 15) is 14.2 Å². The average Bonchev–Trinajstić information content (AvgIpc) is 2.34. The molecule has 8 nitrogen and oxygen atoms in total. The van der Waals surface area contributed by atoms with Gasteiger partial charge in [-0.2, -0.15) is 0 Å². The summed E-state index contributed by atoms with van der Waals surface area (Å²) in [6.07, 6.45) is -0.155. The lowest BCUT2D eigenvalue weighted by Gasteiger charge is -2.19. The summed E-state index contributed by atoms with van der Waals surface area (Å²) in [7, 11) is -4.94. The van der Waals surface area contributed by atoms with Gasteiger partial charge in [0.25, 0.3) is 0 Å². The molecule has 0 saturated carbocycles. The summed E-state index contributed by atoms with van der Waals surface area (Å²) in [5, 5.41) is 17.1. The Morgan fingerprint density at radius 3 is 1.76 bits per heavy atom. The lowest BCUT2D eigenvalue weighted by molar-refractivity contribution is -0.148. The summed E-state index contributed by atoms with van der Waals surface area (Å²) in [6, 6.07) is 7.86. The van der Waals surface area contributed by atoms with E-state index in [0.29, 0.717) is 0 Å². The van der Waals surface area contributed by atoms with E-state index in [0.717, 1.165) is 11.5 Å². The van der Waals surface area contributed by atoms with Gasteiger partial charge < -0.3 is 24.7 Å². The van der Waals surface area contributed by atoms with Crippen LogP contribution in [-0.2, 0) is 14.2 Å². The number of benzene rings is 1. The third-order valence-electron chi connectivity index (χ3n) is 2.79. The Labute approximate surface area is 120 Å². The van der Waals surface area contributed by atoms with Gasteiger partial charge in [-0.3, -0.25) is 14.2 Å². The van der Waals surface area contributed by atoms with Crippen molar-refractivity contribution in [2.45, 2.75) is 19.0 Å². The number of carbonyl (C=O) groups is 2. The topological polar surface area (TPSA) is 141 Å². The van der Waals surface area contributed by atoms with Crippen LogP contribution in [0.25, 0.3) is 0 Å². The normalized spacial score (nSPS) is 14.6. The van der Waals surface area contributed by atoms with Gasteiger partial charge >= 0.3 is 19.5 Å². The van der Waals surface area contributed by atoms with Crippen LogP contribution in [0, 0.1) is 5.92 Å². The summed E-state index contributed by atoms with van der Waals surface area (Å²) in [4.78, 5) is 38.3. The molecule has 0 fully saturated rings. The zero-order valence-corrected chi connectivity index (χ0v) is 11.9. The summed E-state index contributed by atoms with van der Waals surface area (Å²) in [5.74, 6) is -2.93. The summed E-state index contributed by atoms with van der Waals surface area (Å²) in [5.41, 5.74) is -2.18. The number of hydrogen-bond donors (Lipinski definition) is 4. The molecule has 2 aliphatic rings. The van der Waals surface area contributed by atoms with Crippen LogP contribution in [0.2, 0.25) is 0 Å². The van der Waals surface area contributed by atoms with Crippen LogP contribution in [0.1, 0.15) is 13.3 Å². The average molecular weight is 318 g/mol. The minimum Gasteiger partial charge on any atom is -0.481 e. The Bertz CT molecular complexity index is 554. The Kier molecular flexibility index (Phi) is 5.48. The molecular formula is C12H15O8P. The molecule has 2 unspecified atom stereocenters. The van der Waals surface area contributed by atoms with Crippen molar-refractivity contribution in [3.8, 4) is 11.5 Å². The van der Waals surface area contributed by atoms with Gasteiger partial charge in [0, 0.05) is 6.07 Å². The molecule has 2 atom stereocenters. The highest BCUT2D eigenvalue weighted by atomic mass is 31.2. The maximum absolute atomic E-state index is 10.7. The largest absolute Gasteiger partial charge is 0.481 e. The predicted octanol–water partition coefficient (Wildman–Crippen LogP) is 1.52. The van der Waals surface area contributed by atoms with E-state index in [1.54, 1.807) is 0 Å². The number of rotatable bonds is 5. The Morgan fingerprint density at radius 2 is 1.67 bits per heavy atom. The number of fused-ring (bicyclic) bond motifs is 2. The van der Waals surface area contributed by atoms with Gasteiger partial charge in [-0.05, 0) is 18.6 Å². The van der Waals surface area contributed by atoms with Crippen LogP contribution < -0.4 is 4.74 Å². The molecule has 0 saturated heterocycles. The maximum atomic E-state index is 10.7. The SMILES string of the molecule is CCC(C(=O)O)C(C(=O)O)P(=O)(O)O.c1cc2cc(c1)O2. The first-order valence-electron chi connectivity index (χ1n) is 5.95. The molecule has 21 heavy (non-hydrogen) atoms. The van der Waals surface area contributed by atoms with Crippen molar-refractivity contribution in [2.75, 3.05) is 0 Å². The molecule has 116 valence electrons. The van der Waals surface area contributed by atoms with Crippen molar-refractivity contribution in [1.29, 1.82) is 0 Å². The van der Waals surface area contributed by atoms with Gasteiger partial charge in [-0.15, -0.1) is 0 Å². The Hall–Kier alpha value is -1.89. The molecule has 2 heterocycles. The molecule has 0 amide bonds. The van der Waals surface area contributed by atoms with E-state index in [1.165, 1.54) is 6.92 Å². The third-order valence-corrected chi connectivity index (χ3v) is 4.10. The molecule has 1 aromatic carbocycles. The van der Waals surface area contributed by atoms with Crippen LogP contribution >= 0.6 is 7.60 Å². The van der Waals surface area contributed by atoms with Crippen LogP contribution in [0.5, 0.6) is 11.5 Å². The van der Waals surface area contributed by atoms with Crippen molar-refractivity contribution in [3.63, 3.8) is 0 Å². The molecular weight excluding hydrogens is 303 g/mol. The van der Waals surface area contributed by atoms with E-state index in [2.05, 4.69) is 0 Å². The van der Waals surface area contributed by atoms with Gasteiger partial charge in [0.1, 0.15) is 11.5 Å². The number of carboxylic acids is 2. The van der Waals surface area contributed by atoms with Crippen molar-refractivity contribution < 1.29 is 38.9 Å². The smallest absolute Gasteiger partial charge is 0.340 e. The molecule has 1 aromatic rings. The second kappa shape index (κ2) is 6.71. The maximum Gasteiger partial charge on any atom is 0.340 e. The first-order chi connectivity index (χ1) is 9.66. The van der Waals surface area contributed by atoms with E-state index < -0.39 is 31.1 Å². The minimum absolute atomic E-state index is 0.155. The molecule has 2 aliphatic heterocycles. The fourth-order valence-electron chi connectivity index (χ4n) is 1.76. The van der Waals surface area contributed by atoms with E-state index in [1.807, 2.05) is 24.3 Å². The molecule has 0 aromatic heterocycles. The van der Waals surface area contributed by atoms with Crippen LogP contribution in [0.4, 0.5) is 0 Å². The second-order valence-corrected chi connectivity index (χ2v) is 6.04. The highest BCUT2D eigenvalue weighted by molar-refractivity contribution is 7.53. The summed E-state index contributed by atoms with van der Waals surface area (Å²) >= 11 is 0. The lowest BCUT2D eigenvalue weighted by Crippen LogP contribution is -2.34. The summed E-state index contributed by atoms with van der Waals surface area (Å²) < 4.78 is 15.7. The quantitative estimate of drug-likeness (QED) is 0.608. The van der Waals surface area contributed by atoms with E-state index in [-0.39, 0.29) is 6.42 Å². The molecule has 0 radical (unpaired) electrons. The van der Waals surface area contributed by atoms with Crippen LogP contribution in [-0.4, -0.2) is 37.6 Å². The Balaban J connectivity index is 0.000000255. The second-order valence-electron chi connectivity index (χ2n) is 4.30. The van der Waals surface area contributed by atoms with Crippen molar-refractivity contribution >= 4 is 19.5 Å². The zero-order valence-electron chi connectivity index (χ0n) is 11.0. The predicted molar refractivity (Wildman–Crippen MR) is 71.4 cm³/mol. The fraction of sp³-hybridized carbons (Fsp3) is 0.333. The third kappa shape index (κ3) is 4.56. The zero-order chi connectivity index (χ0) is 16.2. The highest BCUT2D eigenvalue weighted by Gasteiger charge is 2.45. The molecule has 3 rings (SSSR count). The first kappa shape index (κ1) is 17.2. The number of aliphatic carboxylic acids is 2. The first-order valence-corrected chi connectivity index (χ1v) is 7.63. The van der Waals surface area contributed by atoms with Gasteiger partial charge in [-0.25, -0.2) is 0 Å². The van der Waals surface area contributed by atoms with Crippen molar-refractivity contribution in [3.05, 3.63) is 24.3 Å². The van der Waals surface area contributed by atoms with Crippen LogP contribution in [0.3, 0.4) is 0 Å². The number of hydrogen-bond acceptors (Lipinski definition) is 4.